The minimum absolute atomic E-state index is 0.0121. The second-order valence-electron chi connectivity index (χ2n) is 16.4. The van der Waals surface area contributed by atoms with Crippen LogP contribution in [-0.4, -0.2) is 134 Å². The predicted octanol–water partition coefficient (Wildman–Crippen LogP) is 3.65. The number of nitrogens with one attached hydrogen (secondary N) is 2. The lowest BCUT2D eigenvalue weighted by Gasteiger charge is -2.20. The van der Waals surface area contributed by atoms with Gasteiger partial charge in [0.1, 0.15) is 13.2 Å². The highest BCUT2D eigenvalue weighted by Crippen LogP contribution is 2.46. The molecule has 0 aromatic heterocycles. The summed E-state index contributed by atoms with van der Waals surface area (Å²) in [6.07, 6.45) is -0.899. The molecule has 0 saturated carbocycles. The summed E-state index contributed by atoms with van der Waals surface area (Å²) in [7, 11) is 3.22. The number of carbonyl (C=O) groups is 6. The van der Waals surface area contributed by atoms with E-state index in [1.165, 1.54) is 41.9 Å². The van der Waals surface area contributed by atoms with Gasteiger partial charge in [-0.25, -0.2) is 9.59 Å². The van der Waals surface area contributed by atoms with Crippen molar-refractivity contribution < 1.29 is 38.2 Å². The minimum atomic E-state index is -0.449. The molecule has 308 valence electrons. The highest BCUT2D eigenvalue weighted by molar-refractivity contribution is 5.91. The Morgan fingerprint density at radius 2 is 0.833 bits per heavy atom. The number of amides is 6. The van der Waals surface area contributed by atoms with Gasteiger partial charge in [-0.05, 0) is 44.5 Å². The van der Waals surface area contributed by atoms with Gasteiger partial charge in [0.2, 0.25) is 23.6 Å². The van der Waals surface area contributed by atoms with E-state index in [0.29, 0.717) is 0 Å². The third kappa shape index (κ3) is 7.09. The number of carbonyl (C=O) groups excluding carboxylic acids is 6. The van der Waals surface area contributed by atoms with E-state index in [1.54, 1.807) is 14.1 Å². The number of likely N-dealkylation sites (tertiary alicyclic amines) is 2. The van der Waals surface area contributed by atoms with Crippen LogP contribution in [0.2, 0.25) is 0 Å². The van der Waals surface area contributed by atoms with Crippen LogP contribution >= 0.6 is 0 Å². The third-order valence-corrected chi connectivity index (χ3v) is 12.7. The summed E-state index contributed by atoms with van der Waals surface area (Å²) in [6, 6.07) is 32.0. The highest BCUT2D eigenvalue weighted by Gasteiger charge is 2.46. The fourth-order valence-corrected chi connectivity index (χ4v) is 9.73. The van der Waals surface area contributed by atoms with E-state index in [-0.39, 0.29) is 100 Å². The average molecular weight is 811 g/mol. The zero-order valence-electron chi connectivity index (χ0n) is 33.4. The molecule has 0 radical (unpaired) electrons. The van der Waals surface area contributed by atoms with Gasteiger partial charge < -0.3 is 39.7 Å². The molecule has 10 rings (SSSR count). The van der Waals surface area contributed by atoms with Gasteiger partial charge in [0.15, 0.2) is 0 Å². The van der Waals surface area contributed by atoms with Crippen molar-refractivity contribution in [3.8, 4) is 22.3 Å². The van der Waals surface area contributed by atoms with Crippen LogP contribution in [0.3, 0.4) is 0 Å². The lowest BCUT2D eigenvalue weighted by Crippen LogP contribution is -2.41. The molecule has 4 aromatic carbocycles. The quantitative estimate of drug-likeness (QED) is 0.317. The summed E-state index contributed by atoms with van der Waals surface area (Å²) in [5.41, 5.74) is 9.32. The van der Waals surface area contributed by atoms with Gasteiger partial charge in [-0.1, -0.05) is 97.1 Å². The zero-order valence-corrected chi connectivity index (χ0v) is 33.4. The fourth-order valence-electron chi connectivity index (χ4n) is 9.73. The Labute approximate surface area is 347 Å². The molecule has 14 heteroatoms. The molecule has 0 unspecified atom stereocenters. The van der Waals surface area contributed by atoms with E-state index in [1.807, 2.05) is 48.5 Å². The molecule has 2 aliphatic carbocycles. The average Bonchev–Trinajstić information content (AvgIpc) is 4.00. The molecule has 14 nitrogen and oxygen atoms in total. The molecule has 6 amide bonds. The Bertz CT molecular complexity index is 2150. The Morgan fingerprint density at radius 3 is 1.17 bits per heavy atom. The van der Waals surface area contributed by atoms with Crippen molar-refractivity contribution in [2.45, 2.75) is 23.9 Å². The van der Waals surface area contributed by atoms with E-state index < -0.39 is 24.0 Å². The number of fused-ring (bicyclic) bond motifs is 8. The number of ether oxygens (including phenoxy) is 2. The van der Waals surface area contributed by atoms with Crippen LogP contribution in [0.25, 0.3) is 22.3 Å². The number of benzene rings is 4. The van der Waals surface area contributed by atoms with Gasteiger partial charge in [-0.2, -0.15) is 0 Å². The summed E-state index contributed by atoms with van der Waals surface area (Å²) in [6.45, 7) is 1.65. The maximum atomic E-state index is 12.8. The fraction of sp³-hybridized carbons (Fsp3) is 0.348. The molecule has 0 bridgehead atoms. The first kappa shape index (κ1) is 38.8. The smallest absolute Gasteiger partial charge is 0.409 e. The van der Waals surface area contributed by atoms with Crippen LogP contribution in [0.4, 0.5) is 9.59 Å². The molecule has 4 aromatic rings. The molecule has 4 atom stereocenters. The van der Waals surface area contributed by atoms with E-state index in [0.717, 1.165) is 22.3 Å². The lowest BCUT2D eigenvalue weighted by molar-refractivity contribution is -0.135. The molecule has 4 fully saturated rings. The van der Waals surface area contributed by atoms with Crippen LogP contribution in [0.15, 0.2) is 97.1 Å². The second kappa shape index (κ2) is 15.8. The van der Waals surface area contributed by atoms with Gasteiger partial charge in [0.25, 0.3) is 0 Å². The first-order chi connectivity index (χ1) is 29.0. The number of hydrogen-bond acceptors (Lipinski definition) is 8. The monoisotopic (exact) mass is 810 g/mol. The first-order valence-electron chi connectivity index (χ1n) is 20.3. The summed E-state index contributed by atoms with van der Waals surface area (Å²) in [5, 5.41) is 5.72. The molecular formula is C46H46N6O8. The zero-order chi connectivity index (χ0) is 41.7. The normalized spacial score (nSPS) is 22.8. The van der Waals surface area contributed by atoms with Crippen molar-refractivity contribution in [1.82, 2.24) is 30.2 Å². The molecule has 4 saturated heterocycles. The predicted molar refractivity (Wildman–Crippen MR) is 219 cm³/mol. The summed E-state index contributed by atoms with van der Waals surface area (Å²) < 4.78 is 11.4. The van der Waals surface area contributed by atoms with Crippen molar-refractivity contribution in [3.05, 3.63) is 119 Å². The standard InChI is InChI=1S/2C23H23N3O4/c2*1-25-12-21(27)24-20-11-26(10-18(20)22(25)28)23(29)30-13-19-16-8-4-2-6-14(16)15-7-3-5-9-17(15)19/h2*2-9,18-20H,10-13H2,1H3,(H,24,27)/t2*18-,20+/m10/s1. The van der Waals surface area contributed by atoms with Gasteiger partial charge in [-0.15, -0.1) is 0 Å². The van der Waals surface area contributed by atoms with Crippen LogP contribution in [0, 0.1) is 11.8 Å². The van der Waals surface area contributed by atoms with Crippen molar-refractivity contribution in [2.24, 2.45) is 11.8 Å². The number of nitrogens with zero attached hydrogens (tertiary/aromatic N) is 4. The highest BCUT2D eigenvalue weighted by atomic mass is 16.6. The third-order valence-electron chi connectivity index (χ3n) is 12.7. The van der Waals surface area contributed by atoms with Crippen molar-refractivity contribution in [2.75, 3.05) is 66.6 Å². The number of hydrogen-bond donors (Lipinski definition) is 2. The Morgan fingerprint density at radius 1 is 0.517 bits per heavy atom. The molecular weight excluding hydrogens is 765 g/mol. The summed E-state index contributed by atoms with van der Waals surface area (Å²) >= 11 is 0. The van der Waals surface area contributed by atoms with Crippen molar-refractivity contribution >= 4 is 35.8 Å². The molecule has 0 spiro atoms. The van der Waals surface area contributed by atoms with Gasteiger partial charge in [0, 0.05) is 52.1 Å². The summed E-state index contributed by atoms with van der Waals surface area (Å²) in [5.74, 6) is -1.52. The van der Waals surface area contributed by atoms with Crippen molar-refractivity contribution in [3.63, 3.8) is 0 Å². The molecule has 4 aliphatic heterocycles. The van der Waals surface area contributed by atoms with E-state index in [2.05, 4.69) is 59.2 Å². The summed E-state index contributed by atoms with van der Waals surface area (Å²) in [4.78, 5) is 80.5. The van der Waals surface area contributed by atoms with Gasteiger partial charge in [-0.3, -0.25) is 19.2 Å². The number of likely N-dealkylation sites (N-methyl/N-ethyl adjacent to an activating group) is 2. The molecule has 60 heavy (non-hydrogen) atoms. The Hall–Kier alpha value is -6.70. The van der Waals surface area contributed by atoms with E-state index in [9.17, 15) is 28.8 Å². The SMILES string of the molecule is CN1CC(=O)N[C@@H]2CN(C(=O)OCC3c4ccccc4-c4ccccc43)C[C@@H]2C1=O.CN1CC(=O)N[C@H]2CN(C(=O)OCC3c4ccccc4-c4ccccc43)C[C@H]2C1=O. The largest absolute Gasteiger partial charge is 0.448 e. The van der Waals surface area contributed by atoms with Gasteiger partial charge in [0.05, 0.1) is 37.0 Å². The van der Waals surface area contributed by atoms with E-state index in [4.69, 9.17) is 9.47 Å². The van der Waals surface area contributed by atoms with Crippen LogP contribution in [0.1, 0.15) is 34.1 Å². The molecule has 2 N–H and O–H groups in total. The van der Waals surface area contributed by atoms with E-state index >= 15 is 0 Å². The van der Waals surface area contributed by atoms with Crippen LogP contribution in [-0.2, 0) is 28.7 Å². The minimum Gasteiger partial charge on any atom is -0.448 e. The topological polar surface area (TPSA) is 158 Å². The maximum Gasteiger partial charge on any atom is 0.409 e. The number of rotatable bonds is 4. The Kier molecular flexibility index (Phi) is 10.2. The van der Waals surface area contributed by atoms with Crippen molar-refractivity contribution in [1.29, 1.82) is 0 Å². The van der Waals surface area contributed by atoms with Crippen LogP contribution in [0.5, 0.6) is 0 Å². The molecule has 4 heterocycles. The lowest BCUT2D eigenvalue weighted by atomic mass is 9.98. The second-order valence-corrected chi connectivity index (χ2v) is 16.4. The van der Waals surface area contributed by atoms with Gasteiger partial charge >= 0.3 is 12.2 Å². The Balaban J connectivity index is 0.000000154. The first-order valence-corrected chi connectivity index (χ1v) is 20.3. The maximum absolute atomic E-state index is 12.8. The molecule has 6 aliphatic rings. The van der Waals surface area contributed by atoms with Crippen LogP contribution < -0.4 is 10.6 Å².